The van der Waals surface area contributed by atoms with Gasteiger partial charge in [0, 0.05) is 25.4 Å². The smallest absolute Gasteiger partial charge is 0.281 e. The largest absolute Gasteiger partial charge is 0.487 e. The Kier molecular flexibility index (Phi) is 5.64. The van der Waals surface area contributed by atoms with Crippen LogP contribution in [0.25, 0.3) is 11.2 Å². The third-order valence-electron chi connectivity index (χ3n) is 7.08. The number of fused-ring (bicyclic) bond motifs is 2. The minimum absolute atomic E-state index is 0.0714. The lowest BCUT2D eigenvalue weighted by atomic mass is 9.97. The second-order valence-electron chi connectivity index (χ2n) is 10.3. The van der Waals surface area contributed by atoms with Crippen LogP contribution in [0.3, 0.4) is 0 Å². The first-order valence-corrected chi connectivity index (χ1v) is 13.8. The molecule has 1 N–H and O–H groups in total. The molecule has 2 aromatic carbocycles. The van der Waals surface area contributed by atoms with Crippen LogP contribution in [-0.2, 0) is 23.0 Å². The first-order chi connectivity index (χ1) is 17.7. The van der Waals surface area contributed by atoms with Crippen LogP contribution in [0.4, 0.5) is 0 Å². The summed E-state index contributed by atoms with van der Waals surface area (Å²) < 4.78 is 35.8. The number of hydrogen-bond acceptors (Lipinski definition) is 7. The van der Waals surface area contributed by atoms with Crippen LogP contribution in [0.2, 0.25) is 0 Å². The molecule has 2 aromatic heterocycles. The van der Waals surface area contributed by atoms with Gasteiger partial charge in [-0.25, -0.2) is 18.1 Å². The molecule has 0 bridgehead atoms. The van der Waals surface area contributed by atoms with E-state index in [2.05, 4.69) is 15.3 Å². The van der Waals surface area contributed by atoms with E-state index in [1.807, 2.05) is 44.2 Å². The zero-order valence-electron chi connectivity index (χ0n) is 20.7. The van der Waals surface area contributed by atoms with E-state index >= 15 is 0 Å². The topological polar surface area (TPSA) is 123 Å². The minimum atomic E-state index is -3.64. The van der Waals surface area contributed by atoms with Crippen LogP contribution in [0.15, 0.2) is 58.2 Å². The molecule has 0 amide bonds. The number of nitrogens with zero attached hydrogens (tertiary/aromatic N) is 5. The lowest BCUT2D eigenvalue weighted by Gasteiger charge is -2.30. The number of aromatic amines is 1. The zero-order valence-corrected chi connectivity index (χ0v) is 21.5. The van der Waals surface area contributed by atoms with Gasteiger partial charge in [-0.2, -0.15) is 4.31 Å². The van der Waals surface area contributed by atoms with Gasteiger partial charge in [-0.3, -0.25) is 4.79 Å². The van der Waals surface area contributed by atoms with Crippen molar-refractivity contribution >= 4 is 21.2 Å². The maximum Gasteiger partial charge on any atom is 0.281 e. The van der Waals surface area contributed by atoms with E-state index in [4.69, 9.17) is 9.72 Å². The average molecular weight is 521 g/mol. The Morgan fingerprint density at radius 2 is 1.86 bits per heavy atom. The molecule has 2 aliphatic heterocycles. The van der Waals surface area contributed by atoms with E-state index in [9.17, 15) is 13.2 Å². The molecule has 4 heterocycles. The quantitative estimate of drug-likeness (QED) is 0.429. The third kappa shape index (κ3) is 4.42. The van der Waals surface area contributed by atoms with Crippen LogP contribution in [-0.4, -0.2) is 56.4 Å². The maximum absolute atomic E-state index is 13.4. The molecule has 0 radical (unpaired) electrons. The minimum Gasteiger partial charge on any atom is -0.487 e. The molecule has 0 atom stereocenters. The lowest BCUT2D eigenvalue weighted by molar-refractivity contribution is 0.138. The summed E-state index contributed by atoms with van der Waals surface area (Å²) in [5.74, 6) is 1.22. The molecule has 1 fully saturated rings. The van der Waals surface area contributed by atoms with E-state index in [-0.39, 0.29) is 27.5 Å². The number of benzene rings is 2. The van der Waals surface area contributed by atoms with Crippen molar-refractivity contribution in [1.29, 1.82) is 0 Å². The molecule has 0 saturated carbocycles. The second kappa shape index (κ2) is 8.77. The highest BCUT2D eigenvalue weighted by Gasteiger charge is 2.34. The van der Waals surface area contributed by atoms with Crippen molar-refractivity contribution in [3.63, 3.8) is 0 Å². The Morgan fingerprint density at radius 1 is 1.11 bits per heavy atom. The summed E-state index contributed by atoms with van der Waals surface area (Å²) in [7, 11) is -3.64. The monoisotopic (exact) mass is 520 g/mol. The summed E-state index contributed by atoms with van der Waals surface area (Å²) in [6.45, 7) is 5.12. The third-order valence-corrected chi connectivity index (χ3v) is 8.97. The summed E-state index contributed by atoms with van der Waals surface area (Å²) >= 11 is 0. The predicted molar refractivity (Wildman–Crippen MR) is 137 cm³/mol. The Bertz CT molecular complexity index is 1640. The first-order valence-electron chi connectivity index (χ1n) is 12.4. The lowest BCUT2D eigenvalue weighted by Crippen LogP contribution is -2.38. The second-order valence-corrected chi connectivity index (χ2v) is 12.3. The fraction of sp³-hybridized carbons (Fsp3) is 0.385. The number of sulfonamides is 1. The molecule has 192 valence electrons. The average Bonchev–Trinajstić information content (AvgIpc) is 3.43. The van der Waals surface area contributed by atoms with Gasteiger partial charge < -0.3 is 9.72 Å². The van der Waals surface area contributed by atoms with Crippen LogP contribution < -0.4 is 10.3 Å². The SMILES string of the molecule is CC1(C)Cc2cc(S(=O)(=O)N3CCC(c4nc5c(nnn5Cc5ccccc5)c(=O)[nH]4)CC3)ccc2O1. The number of nitrogens with one attached hydrogen (secondary N) is 1. The summed E-state index contributed by atoms with van der Waals surface area (Å²) in [5.41, 5.74) is 1.90. The van der Waals surface area contributed by atoms with Crippen molar-refractivity contribution in [2.24, 2.45) is 0 Å². The fourth-order valence-electron chi connectivity index (χ4n) is 5.20. The zero-order chi connectivity index (χ0) is 25.8. The molecule has 1 saturated heterocycles. The summed E-state index contributed by atoms with van der Waals surface area (Å²) in [5, 5.41) is 8.16. The molecular weight excluding hydrogens is 492 g/mol. The summed E-state index contributed by atoms with van der Waals surface area (Å²) in [4.78, 5) is 20.6. The van der Waals surface area contributed by atoms with Crippen molar-refractivity contribution in [3.05, 3.63) is 75.8 Å². The van der Waals surface area contributed by atoms with Gasteiger partial charge in [0.25, 0.3) is 5.56 Å². The van der Waals surface area contributed by atoms with Crippen LogP contribution in [0.1, 0.15) is 49.6 Å². The highest BCUT2D eigenvalue weighted by atomic mass is 32.2. The number of aromatic nitrogens is 5. The highest BCUT2D eigenvalue weighted by Crippen LogP contribution is 2.37. The molecule has 10 nitrogen and oxygen atoms in total. The molecule has 6 rings (SSSR count). The van der Waals surface area contributed by atoms with Crippen molar-refractivity contribution in [2.45, 2.75) is 56.1 Å². The molecule has 0 spiro atoms. The summed E-state index contributed by atoms with van der Waals surface area (Å²) in [6, 6.07) is 14.9. The number of rotatable bonds is 5. The molecule has 37 heavy (non-hydrogen) atoms. The Balaban J connectivity index is 1.20. The van der Waals surface area contributed by atoms with Gasteiger partial charge in [0.2, 0.25) is 10.0 Å². The van der Waals surface area contributed by atoms with Crippen molar-refractivity contribution < 1.29 is 13.2 Å². The van der Waals surface area contributed by atoms with E-state index in [1.165, 1.54) is 4.31 Å². The van der Waals surface area contributed by atoms with Gasteiger partial charge in [0.05, 0.1) is 11.4 Å². The van der Waals surface area contributed by atoms with E-state index < -0.39 is 10.0 Å². The Morgan fingerprint density at radius 3 is 2.62 bits per heavy atom. The van der Waals surface area contributed by atoms with Crippen LogP contribution in [0, 0.1) is 0 Å². The van der Waals surface area contributed by atoms with Crippen molar-refractivity contribution in [3.8, 4) is 5.75 Å². The number of H-pyrrole nitrogens is 1. The number of piperidine rings is 1. The van der Waals surface area contributed by atoms with Crippen molar-refractivity contribution in [1.82, 2.24) is 29.3 Å². The molecular formula is C26H28N6O4S. The number of hydrogen-bond donors (Lipinski definition) is 1. The van der Waals surface area contributed by atoms with Gasteiger partial charge in [0.15, 0.2) is 11.2 Å². The fourth-order valence-corrected chi connectivity index (χ4v) is 6.73. The van der Waals surface area contributed by atoms with Gasteiger partial charge >= 0.3 is 0 Å². The maximum atomic E-state index is 13.4. The summed E-state index contributed by atoms with van der Waals surface area (Å²) in [6.07, 6.45) is 1.77. The Hall–Kier alpha value is -3.57. The molecule has 0 unspecified atom stereocenters. The highest BCUT2D eigenvalue weighted by molar-refractivity contribution is 7.89. The Labute approximate surface area is 214 Å². The molecule has 0 aliphatic carbocycles. The first kappa shape index (κ1) is 23.8. The predicted octanol–water partition coefficient (Wildman–Crippen LogP) is 2.84. The van der Waals surface area contributed by atoms with Crippen LogP contribution >= 0.6 is 0 Å². The van der Waals surface area contributed by atoms with Gasteiger partial charge in [0.1, 0.15) is 17.2 Å². The van der Waals surface area contributed by atoms with E-state index in [0.717, 1.165) is 16.9 Å². The van der Waals surface area contributed by atoms with Crippen LogP contribution in [0.5, 0.6) is 5.75 Å². The number of ether oxygens (including phenoxy) is 1. The normalized spacial score (nSPS) is 18.1. The van der Waals surface area contributed by atoms with Crippen molar-refractivity contribution in [2.75, 3.05) is 13.1 Å². The molecule has 11 heteroatoms. The molecule has 2 aliphatic rings. The van der Waals surface area contributed by atoms with Gasteiger partial charge in [-0.1, -0.05) is 35.5 Å². The van der Waals surface area contributed by atoms with E-state index in [0.29, 0.717) is 50.4 Å². The van der Waals surface area contributed by atoms with Gasteiger partial charge in [-0.15, -0.1) is 5.10 Å². The molecule has 4 aromatic rings. The van der Waals surface area contributed by atoms with E-state index in [1.54, 1.807) is 22.9 Å². The standard InChI is InChI=1S/C26H28N6O4S/c1-26(2)15-19-14-20(8-9-21(19)36-26)37(34,35)31-12-10-18(11-13-31)23-27-24-22(25(33)28-23)29-30-32(24)16-17-6-4-3-5-7-17/h3-9,14,18H,10-13,15-16H2,1-2H3,(H,27,28,33). The van der Waals surface area contributed by atoms with Gasteiger partial charge in [-0.05, 0) is 56.0 Å².